The monoisotopic (exact) mass is 165 g/mol. The van der Waals surface area contributed by atoms with E-state index in [2.05, 4.69) is 31.5 Å². The summed E-state index contributed by atoms with van der Waals surface area (Å²) < 4.78 is 0. The molecule has 1 N–H and O–H groups in total. The minimum atomic E-state index is 0.585. The first kappa shape index (κ1) is 9.07. The number of nitrogens with one attached hydrogen (secondary N) is 1. The predicted molar refractivity (Wildman–Crippen MR) is 51.2 cm³/mol. The minimum absolute atomic E-state index is 0.585. The van der Waals surface area contributed by atoms with E-state index in [-0.39, 0.29) is 0 Å². The summed E-state index contributed by atoms with van der Waals surface area (Å²) in [5, 5.41) is 0. The van der Waals surface area contributed by atoms with Crippen molar-refractivity contribution in [1.82, 2.24) is 0 Å². The van der Waals surface area contributed by atoms with Crippen LogP contribution in [0.5, 0.6) is 0 Å². The van der Waals surface area contributed by atoms with Crippen LogP contribution in [-0.2, 0) is 4.84 Å². The molecule has 12 heavy (non-hydrogen) atoms. The molecule has 0 amide bonds. The first-order chi connectivity index (χ1) is 5.74. The lowest BCUT2D eigenvalue weighted by Gasteiger charge is -2.06. The van der Waals surface area contributed by atoms with Crippen LogP contribution in [0.4, 0.5) is 5.69 Å². The smallest absolute Gasteiger partial charge is 0.0636 e. The molecule has 2 heteroatoms. The molecule has 0 spiro atoms. The Morgan fingerprint density at radius 2 is 1.75 bits per heavy atom. The van der Waals surface area contributed by atoms with E-state index < -0.39 is 0 Å². The second-order valence-corrected chi connectivity index (χ2v) is 3.08. The number of benzene rings is 1. The second-order valence-electron chi connectivity index (χ2n) is 3.08. The van der Waals surface area contributed by atoms with Crippen LogP contribution in [-0.4, -0.2) is 7.11 Å². The van der Waals surface area contributed by atoms with Crippen LogP contribution in [0.1, 0.15) is 25.3 Å². The van der Waals surface area contributed by atoms with Crippen molar-refractivity contribution in [3.63, 3.8) is 0 Å². The first-order valence-corrected chi connectivity index (χ1v) is 4.13. The van der Waals surface area contributed by atoms with Gasteiger partial charge in [-0.05, 0) is 23.6 Å². The molecule has 0 aliphatic rings. The molecule has 0 heterocycles. The maximum Gasteiger partial charge on any atom is 0.0636 e. The van der Waals surface area contributed by atoms with Crippen molar-refractivity contribution in [2.75, 3.05) is 12.6 Å². The number of rotatable bonds is 3. The van der Waals surface area contributed by atoms with E-state index in [9.17, 15) is 0 Å². The second kappa shape index (κ2) is 4.12. The molecule has 66 valence electrons. The van der Waals surface area contributed by atoms with E-state index in [1.54, 1.807) is 7.11 Å². The van der Waals surface area contributed by atoms with Crippen molar-refractivity contribution in [1.29, 1.82) is 0 Å². The van der Waals surface area contributed by atoms with E-state index in [0.717, 1.165) is 5.69 Å². The Balaban J connectivity index is 2.71. The molecule has 1 rings (SSSR count). The minimum Gasteiger partial charge on any atom is -0.279 e. The van der Waals surface area contributed by atoms with E-state index in [1.165, 1.54) is 5.56 Å². The summed E-state index contributed by atoms with van der Waals surface area (Å²) in [6, 6.07) is 8.23. The fourth-order valence-corrected chi connectivity index (χ4v) is 1.05. The number of hydrogen-bond donors (Lipinski definition) is 1. The van der Waals surface area contributed by atoms with Gasteiger partial charge in [-0.15, -0.1) is 0 Å². The topological polar surface area (TPSA) is 21.3 Å². The van der Waals surface area contributed by atoms with Gasteiger partial charge in [0, 0.05) is 0 Å². The molecule has 1 aromatic rings. The van der Waals surface area contributed by atoms with Gasteiger partial charge in [-0.3, -0.25) is 10.3 Å². The fourth-order valence-electron chi connectivity index (χ4n) is 1.05. The maximum absolute atomic E-state index is 4.78. The molecule has 0 fully saturated rings. The van der Waals surface area contributed by atoms with Crippen molar-refractivity contribution in [2.45, 2.75) is 19.8 Å². The van der Waals surface area contributed by atoms with Crippen LogP contribution in [0.3, 0.4) is 0 Å². The molecular weight excluding hydrogens is 150 g/mol. The SMILES string of the molecule is CONc1ccc(C(C)C)cc1. The van der Waals surface area contributed by atoms with E-state index in [4.69, 9.17) is 4.84 Å². The summed E-state index contributed by atoms with van der Waals surface area (Å²) >= 11 is 0. The van der Waals surface area contributed by atoms with Crippen molar-refractivity contribution < 1.29 is 4.84 Å². The van der Waals surface area contributed by atoms with Gasteiger partial charge >= 0.3 is 0 Å². The molecule has 1 aromatic carbocycles. The van der Waals surface area contributed by atoms with E-state index >= 15 is 0 Å². The van der Waals surface area contributed by atoms with Crippen LogP contribution >= 0.6 is 0 Å². The van der Waals surface area contributed by atoms with Gasteiger partial charge in [0.15, 0.2) is 0 Å². The molecule has 0 atom stereocenters. The van der Waals surface area contributed by atoms with Gasteiger partial charge in [0.05, 0.1) is 12.8 Å². The Bertz CT molecular complexity index is 228. The maximum atomic E-state index is 4.78. The summed E-state index contributed by atoms with van der Waals surface area (Å²) in [6.07, 6.45) is 0. The Morgan fingerprint density at radius 1 is 1.17 bits per heavy atom. The van der Waals surface area contributed by atoms with Crippen molar-refractivity contribution in [2.24, 2.45) is 0 Å². The molecule has 0 saturated heterocycles. The summed E-state index contributed by atoms with van der Waals surface area (Å²) in [6.45, 7) is 4.36. The molecule has 0 aliphatic carbocycles. The highest BCUT2D eigenvalue weighted by Gasteiger charge is 1.97. The lowest BCUT2D eigenvalue weighted by Crippen LogP contribution is -1.95. The molecule has 0 radical (unpaired) electrons. The predicted octanol–water partition coefficient (Wildman–Crippen LogP) is 2.78. The van der Waals surface area contributed by atoms with Gasteiger partial charge in [-0.2, -0.15) is 0 Å². The van der Waals surface area contributed by atoms with Gasteiger partial charge in [-0.1, -0.05) is 26.0 Å². The summed E-state index contributed by atoms with van der Waals surface area (Å²) in [5.41, 5.74) is 5.11. The van der Waals surface area contributed by atoms with Crippen LogP contribution in [0.15, 0.2) is 24.3 Å². The summed E-state index contributed by atoms with van der Waals surface area (Å²) in [4.78, 5) is 4.78. The van der Waals surface area contributed by atoms with Crippen molar-refractivity contribution in [3.8, 4) is 0 Å². The van der Waals surface area contributed by atoms with Gasteiger partial charge in [0.2, 0.25) is 0 Å². The zero-order valence-electron chi connectivity index (χ0n) is 7.79. The number of anilines is 1. The third-order valence-electron chi connectivity index (χ3n) is 1.80. The van der Waals surface area contributed by atoms with Crippen LogP contribution in [0.2, 0.25) is 0 Å². The first-order valence-electron chi connectivity index (χ1n) is 4.13. The highest BCUT2D eigenvalue weighted by molar-refractivity contribution is 5.43. The van der Waals surface area contributed by atoms with Gasteiger partial charge < -0.3 is 0 Å². The molecule has 0 bridgehead atoms. The number of hydrogen-bond acceptors (Lipinski definition) is 2. The molecule has 0 aromatic heterocycles. The average molecular weight is 165 g/mol. The molecule has 0 saturated carbocycles. The zero-order chi connectivity index (χ0) is 8.97. The Morgan fingerprint density at radius 3 is 2.17 bits per heavy atom. The average Bonchev–Trinajstić information content (AvgIpc) is 2.06. The Hall–Kier alpha value is -1.02. The van der Waals surface area contributed by atoms with E-state index in [0.29, 0.717) is 5.92 Å². The van der Waals surface area contributed by atoms with Crippen LogP contribution < -0.4 is 5.48 Å². The lowest BCUT2D eigenvalue weighted by atomic mass is 10.0. The Labute approximate surface area is 73.5 Å². The highest BCUT2D eigenvalue weighted by Crippen LogP contribution is 2.16. The quantitative estimate of drug-likeness (QED) is 0.695. The van der Waals surface area contributed by atoms with E-state index in [1.807, 2.05) is 12.1 Å². The molecule has 0 unspecified atom stereocenters. The molecule has 2 nitrogen and oxygen atoms in total. The van der Waals surface area contributed by atoms with Gasteiger partial charge in [0.25, 0.3) is 0 Å². The zero-order valence-corrected chi connectivity index (χ0v) is 7.79. The summed E-state index contributed by atoms with van der Waals surface area (Å²) in [5.74, 6) is 0.585. The Kier molecular flexibility index (Phi) is 3.11. The summed E-state index contributed by atoms with van der Waals surface area (Å²) in [7, 11) is 1.61. The third kappa shape index (κ3) is 2.24. The van der Waals surface area contributed by atoms with Crippen molar-refractivity contribution in [3.05, 3.63) is 29.8 Å². The normalized spacial score (nSPS) is 10.3. The van der Waals surface area contributed by atoms with Crippen LogP contribution in [0, 0.1) is 0 Å². The van der Waals surface area contributed by atoms with Gasteiger partial charge in [-0.25, -0.2) is 0 Å². The highest BCUT2D eigenvalue weighted by atomic mass is 16.6. The lowest BCUT2D eigenvalue weighted by molar-refractivity contribution is 0.271. The van der Waals surface area contributed by atoms with Gasteiger partial charge in [0.1, 0.15) is 0 Å². The largest absolute Gasteiger partial charge is 0.279 e. The standard InChI is InChI=1S/C10H15NO/c1-8(2)9-4-6-10(7-5-9)11-12-3/h4-8,11H,1-3H3. The molecular formula is C10H15NO. The third-order valence-corrected chi connectivity index (χ3v) is 1.80. The van der Waals surface area contributed by atoms with Crippen LogP contribution in [0.25, 0.3) is 0 Å². The van der Waals surface area contributed by atoms with Crippen molar-refractivity contribution >= 4 is 5.69 Å². The molecule has 0 aliphatic heterocycles. The fraction of sp³-hybridized carbons (Fsp3) is 0.400.